The molecule has 0 fully saturated rings. The zero-order valence-corrected chi connectivity index (χ0v) is 23.2. The smallest absolute Gasteiger partial charge is 0.135 e. The van der Waals surface area contributed by atoms with E-state index in [-0.39, 0.29) is 5.92 Å². The third-order valence-corrected chi connectivity index (χ3v) is 8.81. The first-order valence-electron chi connectivity index (χ1n) is 14.6. The standard InChI is InChI=1S/C38H32N2O/c1-39-24-25-16-18-26(19-17-25)27-20-21-35-33(23-27)31-10-2-4-13-34(31)40(35)29-9-6-8-28(22-29)30-12-7-15-37-38(30)32-11-3-5-14-36(32)41-37/h2-7,9-19,22-23,28,39H,8,20-21,24H2,1H3. The molecule has 0 saturated carbocycles. The molecule has 1 unspecified atom stereocenters. The Morgan fingerprint density at radius 3 is 2.51 bits per heavy atom. The Labute approximate surface area is 240 Å². The highest BCUT2D eigenvalue weighted by Gasteiger charge is 2.24. The third-order valence-electron chi connectivity index (χ3n) is 8.81. The second-order valence-electron chi connectivity index (χ2n) is 11.3. The molecular formula is C38H32N2O. The molecule has 0 radical (unpaired) electrons. The zero-order valence-electron chi connectivity index (χ0n) is 23.2. The number of hydrogen-bond acceptors (Lipinski definition) is 2. The van der Waals surface area contributed by atoms with Crippen molar-refractivity contribution >= 4 is 50.2 Å². The lowest BCUT2D eigenvalue weighted by molar-refractivity contribution is 0.668. The van der Waals surface area contributed by atoms with Gasteiger partial charge in [-0.25, -0.2) is 0 Å². The Bertz CT molecular complexity index is 2030. The molecule has 2 aromatic heterocycles. The van der Waals surface area contributed by atoms with Crippen LogP contribution in [0.1, 0.15) is 46.7 Å². The van der Waals surface area contributed by atoms with Gasteiger partial charge >= 0.3 is 0 Å². The minimum atomic E-state index is 0.280. The number of para-hydroxylation sites is 2. The molecule has 3 nitrogen and oxygen atoms in total. The minimum absolute atomic E-state index is 0.280. The van der Waals surface area contributed by atoms with Crippen LogP contribution in [0.4, 0.5) is 0 Å². The SMILES string of the molecule is CNCc1ccc(C2=Cc3c(n(C4=CC(c5cccc6oc7ccccc7c56)CC=C4)c4ccccc34)CC2)cc1. The number of aromatic nitrogens is 1. The quantitative estimate of drug-likeness (QED) is 0.240. The van der Waals surface area contributed by atoms with E-state index < -0.39 is 0 Å². The molecule has 0 spiro atoms. The molecule has 0 aliphatic heterocycles. The van der Waals surface area contributed by atoms with Crippen LogP contribution in [0.3, 0.4) is 0 Å². The van der Waals surface area contributed by atoms with Crippen molar-refractivity contribution in [3.63, 3.8) is 0 Å². The molecule has 0 bridgehead atoms. The van der Waals surface area contributed by atoms with E-state index in [1.165, 1.54) is 60.9 Å². The van der Waals surface area contributed by atoms with Crippen LogP contribution in [0.5, 0.6) is 0 Å². The summed E-state index contributed by atoms with van der Waals surface area (Å²) in [5.74, 6) is 0.280. The molecule has 1 atom stereocenters. The molecule has 2 heterocycles. The summed E-state index contributed by atoms with van der Waals surface area (Å²) >= 11 is 0. The minimum Gasteiger partial charge on any atom is -0.456 e. The Kier molecular flexibility index (Phi) is 5.79. The molecule has 1 N–H and O–H groups in total. The van der Waals surface area contributed by atoms with Crippen molar-refractivity contribution in [3.05, 3.63) is 137 Å². The van der Waals surface area contributed by atoms with Crippen LogP contribution in [0.15, 0.2) is 114 Å². The van der Waals surface area contributed by atoms with Crippen LogP contribution >= 0.6 is 0 Å². The first-order chi connectivity index (χ1) is 20.3. The maximum absolute atomic E-state index is 6.23. The molecule has 41 heavy (non-hydrogen) atoms. The number of allylic oxidation sites excluding steroid dienone is 5. The van der Waals surface area contributed by atoms with E-state index in [1.807, 2.05) is 13.1 Å². The molecule has 0 amide bonds. The van der Waals surface area contributed by atoms with Crippen LogP contribution in [0, 0.1) is 0 Å². The van der Waals surface area contributed by atoms with E-state index in [0.29, 0.717) is 0 Å². The summed E-state index contributed by atoms with van der Waals surface area (Å²) in [5.41, 5.74) is 12.6. The molecule has 2 aliphatic rings. The van der Waals surface area contributed by atoms with Gasteiger partial charge in [0.05, 0.1) is 5.52 Å². The van der Waals surface area contributed by atoms with Gasteiger partial charge in [0.15, 0.2) is 0 Å². The van der Waals surface area contributed by atoms with Crippen LogP contribution in [0.2, 0.25) is 0 Å². The Hall–Kier alpha value is -4.60. The Morgan fingerprint density at radius 2 is 1.63 bits per heavy atom. The van der Waals surface area contributed by atoms with Gasteiger partial charge in [0.2, 0.25) is 0 Å². The van der Waals surface area contributed by atoms with Crippen LogP contribution in [-0.2, 0) is 13.0 Å². The van der Waals surface area contributed by atoms with E-state index in [9.17, 15) is 0 Å². The van der Waals surface area contributed by atoms with Gasteiger partial charge in [0.1, 0.15) is 11.2 Å². The van der Waals surface area contributed by atoms with Crippen molar-refractivity contribution in [2.45, 2.75) is 31.7 Å². The highest BCUT2D eigenvalue weighted by molar-refractivity contribution is 6.07. The fourth-order valence-corrected chi connectivity index (χ4v) is 6.93. The number of hydrogen-bond donors (Lipinski definition) is 1. The fraction of sp³-hybridized carbons (Fsp3) is 0.158. The van der Waals surface area contributed by atoms with Crippen molar-refractivity contribution < 1.29 is 4.42 Å². The third kappa shape index (κ3) is 4.00. The lowest BCUT2D eigenvalue weighted by Crippen LogP contribution is -2.09. The number of rotatable bonds is 5. The Morgan fingerprint density at radius 1 is 0.829 bits per heavy atom. The van der Waals surface area contributed by atoms with Crippen LogP contribution < -0.4 is 5.32 Å². The van der Waals surface area contributed by atoms with E-state index >= 15 is 0 Å². The average molecular weight is 533 g/mol. The molecule has 6 aromatic rings. The lowest BCUT2D eigenvalue weighted by Gasteiger charge is -2.22. The Balaban J connectivity index is 1.24. The maximum Gasteiger partial charge on any atom is 0.135 e. The van der Waals surface area contributed by atoms with Crippen molar-refractivity contribution in [2.75, 3.05) is 7.05 Å². The lowest BCUT2D eigenvalue weighted by atomic mass is 9.88. The monoisotopic (exact) mass is 532 g/mol. The summed E-state index contributed by atoms with van der Waals surface area (Å²) in [4.78, 5) is 0. The second-order valence-corrected chi connectivity index (χ2v) is 11.3. The first-order valence-corrected chi connectivity index (χ1v) is 14.6. The number of nitrogens with zero attached hydrogens (tertiary/aromatic N) is 1. The first kappa shape index (κ1) is 24.2. The van der Waals surface area contributed by atoms with Crippen molar-refractivity contribution in [1.29, 1.82) is 0 Å². The highest BCUT2D eigenvalue weighted by atomic mass is 16.3. The highest BCUT2D eigenvalue weighted by Crippen LogP contribution is 2.42. The molecule has 0 saturated heterocycles. The van der Waals surface area contributed by atoms with Gasteiger partial charge in [-0.15, -0.1) is 0 Å². The van der Waals surface area contributed by atoms with Gasteiger partial charge in [-0.05, 0) is 78.9 Å². The number of nitrogens with one attached hydrogen (secondary N) is 1. The van der Waals surface area contributed by atoms with E-state index in [2.05, 4.69) is 119 Å². The molecule has 3 heteroatoms. The summed E-state index contributed by atoms with van der Waals surface area (Å²) in [5, 5.41) is 7.01. The molecule has 8 rings (SSSR count). The zero-order chi connectivity index (χ0) is 27.3. The maximum atomic E-state index is 6.23. The van der Waals surface area contributed by atoms with Gasteiger partial charge in [-0.2, -0.15) is 0 Å². The predicted molar refractivity (Wildman–Crippen MR) is 172 cm³/mol. The van der Waals surface area contributed by atoms with Crippen molar-refractivity contribution in [1.82, 2.24) is 9.88 Å². The molecular weight excluding hydrogens is 500 g/mol. The molecule has 2 aliphatic carbocycles. The van der Waals surface area contributed by atoms with Gasteiger partial charge in [-0.3, -0.25) is 0 Å². The van der Waals surface area contributed by atoms with E-state index in [4.69, 9.17) is 4.42 Å². The van der Waals surface area contributed by atoms with Crippen LogP contribution in [0.25, 0.3) is 50.2 Å². The van der Waals surface area contributed by atoms with Crippen LogP contribution in [-0.4, -0.2) is 11.6 Å². The summed E-state index contributed by atoms with van der Waals surface area (Å²) in [6.07, 6.45) is 12.6. The summed E-state index contributed by atoms with van der Waals surface area (Å²) in [6.45, 7) is 0.895. The predicted octanol–water partition coefficient (Wildman–Crippen LogP) is 9.33. The van der Waals surface area contributed by atoms with Crippen molar-refractivity contribution in [2.24, 2.45) is 0 Å². The summed E-state index contributed by atoms with van der Waals surface area (Å²) in [6, 6.07) is 32.8. The van der Waals surface area contributed by atoms with Crippen molar-refractivity contribution in [3.8, 4) is 0 Å². The van der Waals surface area contributed by atoms with Gasteiger partial charge < -0.3 is 14.3 Å². The fourth-order valence-electron chi connectivity index (χ4n) is 6.93. The average Bonchev–Trinajstić information content (AvgIpc) is 3.57. The normalized spacial score (nSPS) is 16.8. The van der Waals surface area contributed by atoms with E-state index in [1.54, 1.807) is 0 Å². The van der Waals surface area contributed by atoms with Gasteiger partial charge in [0, 0.05) is 45.6 Å². The summed E-state index contributed by atoms with van der Waals surface area (Å²) < 4.78 is 8.74. The topological polar surface area (TPSA) is 30.1 Å². The number of furan rings is 1. The molecule has 200 valence electrons. The summed E-state index contributed by atoms with van der Waals surface area (Å²) in [7, 11) is 1.99. The molecule has 4 aromatic carbocycles. The largest absolute Gasteiger partial charge is 0.456 e. The number of benzene rings is 4. The van der Waals surface area contributed by atoms with E-state index in [0.717, 1.165) is 37.0 Å². The number of fused-ring (bicyclic) bond motifs is 6. The van der Waals surface area contributed by atoms with Gasteiger partial charge in [0.25, 0.3) is 0 Å². The second kappa shape index (κ2) is 9.79. The van der Waals surface area contributed by atoms with Gasteiger partial charge in [-0.1, -0.05) is 84.9 Å².